The van der Waals surface area contributed by atoms with Crippen molar-refractivity contribution in [2.45, 2.75) is 44.4 Å². The quantitative estimate of drug-likeness (QED) is 0.657. The zero-order valence-corrected chi connectivity index (χ0v) is 16.7. The molecular weight excluding hydrogens is 371 g/mol. The van der Waals surface area contributed by atoms with E-state index in [-0.39, 0.29) is 23.9 Å². The second-order valence-electron chi connectivity index (χ2n) is 8.96. The molecule has 1 aromatic heterocycles. The Morgan fingerprint density at radius 1 is 1.14 bits per heavy atom. The van der Waals surface area contributed by atoms with Crippen molar-refractivity contribution < 1.29 is 18.7 Å². The number of anilines is 1. The zero-order valence-electron chi connectivity index (χ0n) is 16.7. The lowest BCUT2D eigenvalue weighted by atomic mass is 9.92. The van der Waals surface area contributed by atoms with E-state index in [1.165, 1.54) is 6.07 Å². The predicted molar refractivity (Wildman–Crippen MR) is 109 cm³/mol. The maximum absolute atomic E-state index is 14.3. The van der Waals surface area contributed by atoms with Crippen LogP contribution in [0.5, 0.6) is 11.5 Å². The van der Waals surface area contributed by atoms with Crippen LogP contribution in [0.4, 0.5) is 10.1 Å². The highest BCUT2D eigenvalue weighted by atomic mass is 19.1. The number of aromatic nitrogens is 1. The van der Waals surface area contributed by atoms with Crippen molar-refractivity contribution in [2.24, 2.45) is 0 Å². The molecule has 1 saturated carbocycles. The molecule has 5 nitrogen and oxygen atoms in total. The summed E-state index contributed by atoms with van der Waals surface area (Å²) < 4.78 is 24.8. The van der Waals surface area contributed by atoms with Gasteiger partial charge >= 0.3 is 0 Å². The van der Waals surface area contributed by atoms with E-state index < -0.39 is 11.2 Å². The first kappa shape index (κ1) is 18.0. The highest BCUT2D eigenvalue weighted by Gasteiger charge is 2.52. The van der Waals surface area contributed by atoms with Gasteiger partial charge in [-0.15, -0.1) is 0 Å². The van der Waals surface area contributed by atoms with Gasteiger partial charge in [0.25, 0.3) is 0 Å². The molecule has 150 valence electrons. The van der Waals surface area contributed by atoms with Crippen LogP contribution in [0.3, 0.4) is 0 Å². The van der Waals surface area contributed by atoms with Crippen molar-refractivity contribution >= 4 is 22.5 Å². The van der Waals surface area contributed by atoms with Gasteiger partial charge in [-0.2, -0.15) is 0 Å². The number of ether oxygens (including phenoxy) is 2. The predicted octanol–water partition coefficient (Wildman–Crippen LogP) is 5.00. The number of nitrogens with one attached hydrogen (secondary N) is 2. The Balaban J connectivity index is 1.42. The number of hydrogen-bond donors (Lipinski definition) is 2. The largest absolute Gasteiger partial charge is 0.453 e. The van der Waals surface area contributed by atoms with E-state index in [0.717, 1.165) is 22.3 Å². The number of H-pyrrole nitrogens is 1. The fourth-order valence-corrected chi connectivity index (χ4v) is 3.88. The molecule has 2 aromatic carbocycles. The number of carbonyl (C=O) groups is 1. The van der Waals surface area contributed by atoms with Crippen LogP contribution >= 0.6 is 0 Å². The Morgan fingerprint density at radius 2 is 1.93 bits per heavy atom. The van der Waals surface area contributed by atoms with Gasteiger partial charge in [0.15, 0.2) is 11.6 Å². The lowest BCUT2D eigenvalue weighted by Crippen LogP contribution is -2.27. The topological polar surface area (TPSA) is 63.4 Å². The normalized spacial score (nSPS) is 16.8. The number of hydrogen-bond acceptors (Lipinski definition) is 3. The minimum Gasteiger partial charge on any atom is -0.453 e. The summed E-state index contributed by atoms with van der Waals surface area (Å²) in [5.41, 5.74) is 2.84. The standard InChI is InChI=1S/C23H23FN2O3/c1-22(2,3)19-9-13-8-15(4-5-17(13)26-19)25-21(27)23(6-7-23)14-10-16(24)20-18(11-14)28-12-29-20/h4-5,8-11,26H,6-7,12H2,1-3H3,(H,25,27). The molecule has 3 aromatic rings. The number of halogens is 1. The van der Waals surface area contributed by atoms with Crippen LogP contribution in [-0.2, 0) is 15.6 Å². The van der Waals surface area contributed by atoms with E-state index in [4.69, 9.17) is 9.47 Å². The number of aromatic amines is 1. The highest BCUT2D eigenvalue weighted by Crippen LogP contribution is 2.51. The second-order valence-corrected chi connectivity index (χ2v) is 8.96. The fraction of sp³-hybridized carbons (Fsp3) is 0.348. The van der Waals surface area contributed by atoms with Crippen LogP contribution in [0.1, 0.15) is 44.9 Å². The van der Waals surface area contributed by atoms with Gasteiger partial charge in [0.05, 0.1) is 5.41 Å². The van der Waals surface area contributed by atoms with Crippen molar-refractivity contribution in [1.82, 2.24) is 4.98 Å². The minimum absolute atomic E-state index is 0.00212. The third-order valence-electron chi connectivity index (χ3n) is 5.85. The Kier molecular flexibility index (Phi) is 3.72. The Bertz CT molecular complexity index is 1140. The number of rotatable bonds is 3. The van der Waals surface area contributed by atoms with E-state index in [1.54, 1.807) is 6.07 Å². The third-order valence-corrected chi connectivity index (χ3v) is 5.85. The summed E-state index contributed by atoms with van der Waals surface area (Å²) in [6, 6.07) is 11.1. The average molecular weight is 394 g/mol. The van der Waals surface area contributed by atoms with Crippen molar-refractivity contribution in [3.8, 4) is 11.5 Å². The van der Waals surface area contributed by atoms with Crippen LogP contribution in [0.2, 0.25) is 0 Å². The van der Waals surface area contributed by atoms with E-state index in [0.29, 0.717) is 24.2 Å². The van der Waals surface area contributed by atoms with Crippen LogP contribution in [0.15, 0.2) is 36.4 Å². The first-order valence-electron chi connectivity index (χ1n) is 9.81. The summed E-state index contributed by atoms with van der Waals surface area (Å²) >= 11 is 0. The molecule has 0 saturated heterocycles. The smallest absolute Gasteiger partial charge is 0.235 e. The average Bonchev–Trinajstić information content (AvgIpc) is 3.13. The molecule has 0 unspecified atom stereocenters. The van der Waals surface area contributed by atoms with Crippen molar-refractivity contribution in [2.75, 3.05) is 12.1 Å². The molecule has 0 spiro atoms. The highest BCUT2D eigenvalue weighted by molar-refractivity contribution is 6.02. The molecule has 29 heavy (non-hydrogen) atoms. The van der Waals surface area contributed by atoms with E-state index in [2.05, 4.69) is 37.1 Å². The molecule has 2 heterocycles. The van der Waals surface area contributed by atoms with Crippen LogP contribution in [-0.4, -0.2) is 17.7 Å². The summed E-state index contributed by atoms with van der Waals surface area (Å²) in [4.78, 5) is 16.5. The first-order valence-corrected chi connectivity index (χ1v) is 9.81. The molecule has 1 aliphatic carbocycles. The van der Waals surface area contributed by atoms with Gasteiger partial charge in [0, 0.05) is 27.7 Å². The second kappa shape index (κ2) is 5.99. The number of carbonyl (C=O) groups excluding carboxylic acids is 1. The minimum atomic E-state index is -0.717. The first-order chi connectivity index (χ1) is 13.8. The number of amides is 1. The Morgan fingerprint density at radius 3 is 2.66 bits per heavy atom. The summed E-state index contributed by atoms with van der Waals surface area (Å²) in [6.07, 6.45) is 1.36. The van der Waals surface area contributed by atoms with E-state index in [1.807, 2.05) is 18.2 Å². The fourth-order valence-electron chi connectivity index (χ4n) is 3.88. The number of fused-ring (bicyclic) bond motifs is 2. The van der Waals surface area contributed by atoms with Gasteiger partial charge in [-0.1, -0.05) is 20.8 Å². The number of benzene rings is 2. The van der Waals surface area contributed by atoms with Crippen molar-refractivity contribution in [3.63, 3.8) is 0 Å². The maximum atomic E-state index is 14.3. The van der Waals surface area contributed by atoms with Gasteiger partial charge in [-0.05, 0) is 54.8 Å². The monoisotopic (exact) mass is 394 g/mol. The molecule has 2 N–H and O–H groups in total. The molecule has 0 bridgehead atoms. The SMILES string of the molecule is CC(C)(C)c1cc2cc(NC(=O)C3(c4cc(F)c5c(c4)OCO5)CC3)ccc2[nH]1. The molecule has 5 rings (SSSR count). The van der Waals surface area contributed by atoms with Crippen molar-refractivity contribution in [1.29, 1.82) is 0 Å². The van der Waals surface area contributed by atoms with E-state index in [9.17, 15) is 9.18 Å². The molecule has 0 atom stereocenters. The summed E-state index contributed by atoms with van der Waals surface area (Å²) in [5.74, 6) is -0.126. The maximum Gasteiger partial charge on any atom is 0.235 e. The Labute approximate surface area is 168 Å². The molecule has 2 aliphatic rings. The summed E-state index contributed by atoms with van der Waals surface area (Å²) in [6.45, 7) is 6.47. The summed E-state index contributed by atoms with van der Waals surface area (Å²) in [5, 5.41) is 4.07. The van der Waals surface area contributed by atoms with Crippen LogP contribution < -0.4 is 14.8 Å². The molecule has 1 amide bonds. The molecule has 1 aliphatic heterocycles. The lowest BCUT2D eigenvalue weighted by molar-refractivity contribution is -0.118. The van der Waals surface area contributed by atoms with Crippen LogP contribution in [0, 0.1) is 5.82 Å². The van der Waals surface area contributed by atoms with E-state index >= 15 is 0 Å². The van der Waals surface area contributed by atoms with Crippen LogP contribution in [0.25, 0.3) is 10.9 Å². The molecule has 0 radical (unpaired) electrons. The van der Waals surface area contributed by atoms with Gasteiger partial charge in [0.2, 0.25) is 18.4 Å². The molecule has 1 fully saturated rings. The summed E-state index contributed by atoms with van der Waals surface area (Å²) in [7, 11) is 0. The van der Waals surface area contributed by atoms with Gasteiger partial charge in [0.1, 0.15) is 0 Å². The van der Waals surface area contributed by atoms with Gasteiger partial charge in [-0.25, -0.2) is 4.39 Å². The zero-order chi connectivity index (χ0) is 20.4. The lowest BCUT2D eigenvalue weighted by Gasteiger charge is -2.16. The third kappa shape index (κ3) is 2.94. The molecule has 6 heteroatoms. The van der Waals surface area contributed by atoms with Crippen molar-refractivity contribution in [3.05, 3.63) is 53.5 Å². The van der Waals surface area contributed by atoms with Gasteiger partial charge < -0.3 is 19.8 Å². The molecular formula is C23H23FN2O3. The van der Waals surface area contributed by atoms with Gasteiger partial charge in [-0.3, -0.25) is 4.79 Å². The Hall–Kier alpha value is -3.02.